The molecular formula is C14H14N2O. The lowest BCUT2D eigenvalue weighted by molar-refractivity contribution is 0.0964. The van der Waals surface area contributed by atoms with Crippen molar-refractivity contribution in [2.24, 2.45) is 0 Å². The minimum atomic E-state index is -0.237. The number of Topliss-reactive ketones (excluding diaryl/α,β-unsaturated/α-hetero) is 1. The molecule has 0 spiro atoms. The summed E-state index contributed by atoms with van der Waals surface area (Å²) in [6, 6.07) is 11.1. The summed E-state index contributed by atoms with van der Waals surface area (Å²) in [4.78, 5) is 20.5. The van der Waals surface area contributed by atoms with E-state index < -0.39 is 0 Å². The fourth-order valence-corrected chi connectivity index (χ4v) is 1.70. The van der Waals surface area contributed by atoms with Crippen LogP contribution in [-0.4, -0.2) is 15.8 Å². The van der Waals surface area contributed by atoms with Gasteiger partial charge in [0.05, 0.1) is 11.6 Å². The molecule has 0 fully saturated rings. The van der Waals surface area contributed by atoms with Crippen LogP contribution in [0.15, 0.2) is 42.6 Å². The first-order valence-electron chi connectivity index (χ1n) is 5.57. The van der Waals surface area contributed by atoms with Crippen molar-refractivity contribution in [3.63, 3.8) is 0 Å². The second-order valence-electron chi connectivity index (χ2n) is 3.98. The molecule has 2 rings (SSSR count). The molecule has 86 valence electrons. The van der Waals surface area contributed by atoms with E-state index in [0.29, 0.717) is 5.82 Å². The number of hydrogen-bond acceptors (Lipinski definition) is 3. The van der Waals surface area contributed by atoms with Crippen LogP contribution in [0, 0.1) is 6.92 Å². The van der Waals surface area contributed by atoms with E-state index in [1.54, 1.807) is 12.3 Å². The number of ketones is 1. The first kappa shape index (κ1) is 11.5. The van der Waals surface area contributed by atoms with Crippen molar-refractivity contribution in [2.75, 3.05) is 0 Å². The fraction of sp³-hybridized carbons (Fsp3) is 0.214. The maximum atomic E-state index is 12.2. The van der Waals surface area contributed by atoms with Gasteiger partial charge in [0.2, 0.25) is 0 Å². The first-order valence-corrected chi connectivity index (χ1v) is 5.57. The molecule has 17 heavy (non-hydrogen) atoms. The molecule has 0 N–H and O–H groups in total. The lowest BCUT2D eigenvalue weighted by atomic mass is 9.96. The molecule has 2 aromatic rings. The van der Waals surface area contributed by atoms with Crippen LogP contribution in [0.4, 0.5) is 0 Å². The van der Waals surface area contributed by atoms with Gasteiger partial charge in [0.1, 0.15) is 5.82 Å². The Morgan fingerprint density at radius 2 is 1.88 bits per heavy atom. The van der Waals surface area contributed by atoms with Crippen LogP contribution < -0.4 is 0 Å². The topological polar surface area (TPSA) is 42.9 Å². The van der Waals surface area contributed by atoms with Gasteiger partial charge in [-0.1, -0.05) is 30.3 Å². The maximum Gasteiger partial charge on any atom is 0.171 e. The van der Waals surface area contributed by atoms with Gasteiger partial charge in [-0.3, -0.25) is 4.79 Å². The Hall–Kier alpha value is -2.03. The van der Waals surface area contributed by atoms with Gasteiger partial charge < -0.3 is 0 Å². The predicted molar refractivity (Wildman–Crippen MR) is 66.0 cm³/mol. The van der Waals surface area contributed by atoms with Crippen LogP contribution in [0.2, 0.25) is 0 Å². The number of aromatic nitrogens is 2. The number of benzene rings is 1. The third-order valence-corrected chi connectivity index (χ3v) is 2.69. The van der Waals surface area contributed by atoms with Gasteiger partial charge in [-0.05, 0) is 19.9 Å². The van der Waals surface area contributed by atoms with Crippen molar-refractivity contribution >= 4 is 5.78 Å². The summed E-state index contributed by atoms with van der Waals surface area (Å²) in [7, 11) is 0. The Balaban J connectivity index is 2.27. The zero-order valence-corrected chi connectivity index (χ0v) is 9.92. The quantitative estimate of drug-likeness (QED) is 0.756. The van der Waals surface area contributed by atoms with Gasteiger partial charge in [-0.15, -0.1) is 0 Å². The standard InChI is InChI=1S/C14H14N2O/c1-10(13-8-9-15-11(2)16-13)14(17)12-6-4-3-5-7-12/h3-10H,1-2H3. The molecule has 3 heteroatoms. The van der Waals surface area contributed by atoms with Crippen LogP contribution in [-0.2, 0) is 0 Å². The summed E-state index contributed by atoms with van der Waals surface area (Å²) < 4.78 is 0. The largest absolute Gasteiger partial charge is 0.293 e. The average molecular weight is 226 g/mol. The van der Waals surface area contributed by atoms with Crippen LogP contribution >= 0.6 is 0 Å². The smallest absolute Gasteiger partial charge is 0.171 e. The lowest BCUT2D eigenvalue weighted by Gasteiger charge is -2.10. The third-order valence-electron chi connectivity index (χ3n) is 2.69. The van der Waals surface area contributed by atoms with E-state index in [-0.39, 0.29) is 11.7 Å². The summed E-state index contributed by atoms with van der Waals surface area (Å²) in [5.41, 5.74) is 1.49. The summed E-state index contributed by atoms with van der Waals surface area (Å²) in [6.45, 7) is 3.69. The second-order valence-corrected chi connectivity index (χ2v) is 3.98. The molecule has 0 bridgehead atoms. The predicted octanol–water partition coefficient (Wildman–Crippen LogP) is 2.77. The average Bonchev–Trinajstić information content (AvgIpc) is 2.38. The van der Waals surface area contributed by atoms with Crippen LogP contribution in [0.25, 0.3) is 0 Å². The van der Waals surface area contributed by atoms with Crippen LogP contribution in [0.5, 0.6) is 0 Å². The number of carbonyl (C=O) groups is 1. The molecule has 1 heterocycles. The zero-order chi connectivity index (χ0) is 12.3. The number of rotatable bonds is 3. The Kier molecular flexibility index (Phi) is 3.28. The molecule has 0 amide bonds. The lowest BCUT2D eigenvalue weighted by Crippen LogP contribution is -2.11. The van der Waals surface area contributed by atoms with E-state index in [4.69, 9.17) is 0 Å². The van der Waals surface area contributed by atoms with Crippen molar-refractivity contribution in [3.05, 3.63) is 59.7 Å². The normalized spacial score (nSPS) is 12.1. The fourth-order valence-electron chi connectivity index (χ4n) is 1.70. The highest BCUT2D eigenvalue weighted by molar-refractivity contribution is 6.00. The summed E-state index contributed by atoms with van der Waals surface area (Å²) >= 11 is 0. The first-order chi connectivity index (χ1) is 8.18. The molecule has 1 atom stereocenters. The Morgan fingerprint density at radius 3 is 2.53 bits per heavy atom. The molecule has 0 saturated heterocycles. The van der Waals surface area contributed by atoms with E-state index in [2.05, 4.69) is 9.97 Å². The molecule has 0 saturated carbocycles. The van der Waals surface area contributed by atoms with Crippen molar-refractivity contribution in [1.82, 2.24) is 9.97 Å². The van der Waals surface area contributed by atoms with Crippen molar-refractivity contribution < 1.29 is 4.79 Å². The van der Waals surface area contributed by atoms with Gasteiger partial charge in [-0.25, -0.2) is 9.97 Å². The van der Waals surface area contributed by atoms with E-state index in [0.717, 1.165) is 11.3 Å². The van der Waals surface area contributed by atoms with Crippen molar-refractivity contribution in [1.29, 1.82) is 0 Å². The number of nitrogens with zero attached hydrogens (tertiary/aromatic N) is 2. The van der Waals surface area contributed by atoms with Crippen molar-refractivity contribution in [2.45, 2.75) is 19.8 Å². The monoisotopic (exact) mass is 226 g/mol. The third kappa shape index (κ3) is 2.56. The van der Waals surface area contributed by atoms with Gasteiger partial charge in [-0.2, -0.15) is 0 Å². The molecule has 1 aromatic heterocycles. The number of aryl methyl sites for hydroxylation is 1. The second kappa shape index (κ2) is 4.87. The number of carbonyl (C=O) groups excluding carboxylic acids is 1. The SMILES string of the molecule is Cc1nccc(C(C)C(=O)c2ccccc2)n1. The van der Waals surface area contributed by atoms with Crippen molar-refractivity contribution in [3.8, 4) is 0 Å². The Morgan fingerprint density at radius 1 is 1.18 bits per heavy atom. The van der Waals surface area contributed by atoms with E-state index >= 15 is 0 Å². The van der Waals surface area contributed by atoms with Crippen LogP contribution in [0.3, 0.4) is 0 Å². The van der Waals surface area contributed by atoms with Gasteiger partial charge in [0, 0.05) is 11.8 Å². The number of hydrogen-bond donors (Lipinski definition) is 0. The highest BCUT2D eigenvalue weighted by Gasteiger charge is 2.18. The maximum absolute atomic E-state index is 12.2. The molecular weight excluding hydrogens is 212 g/mol. The summed E-state index contributed by atoms with van der Waals surface area (Å²) in [5.74, 6) is 0.540. The molecule has 1 aromatic carbocycles. The molecule has 3 nitrogen and oxygen atoms in total. The van der Waals surface area contributed by atoms with E-state index in [9.17, 15) is 4.79 Å². The molecule has 0 aliphatic heterocycles. The van der Waals surface area contributed by atoms with E-state index in [1.807, 2.05) is 44.2 Å². The highest BCUT2D eigenvalue weighted by atomic mass is 16.1. The van der Waals surface area contributed by atoms with Gasteiger partial charge in [0.15, 0.2) is 5.78 Å². The molecule has 0 aliphatic rings. The molecule has 1 unspecified atom stereocenters. The summed E-state index contributed by atoms with van der Waals surface area (Å²) in [5, 5.41) is 0. The Labute approximate surface area is 101 Å². The minimum Gasteiger partial charge on any atom is -0.293 e. The molecule has 0 radical (unpaired) electrons. The van der Waals surface area contributed by atoms with Gasteiger partial charge >= 0.3 is 0 Å². The molecule has 0 aliphatic carbocycles. The zero-order valence-electron chi connectivity index (χ0n) is 9.92. The van der Waals surface area contributed by atoms with Gasteiger partial charge in [0.25, 0.3) is 0 Å². The minimum absolute atomic E-state index is 0.0868. The summed E-state index contributed by atoms with van der Waals surface area (Å²) in [6.07, 6.45) is 1.69. The highest BCUT2D eigenvalue weighted by Crippen LogP contribution is 2.18. The van der Waals surface area contributed by atoms with Crippen LogP contribution in [0.1, 0.15) is 34.7 Å². The van der Waals surface area contributed by atoms with E-state index in [1.165, 1.54) is 0 Å². The Bertz CT molecular complexity index is 523.